The van der Waals surface area contributed by atoms with Gasteiger partial charge in [0.25, 0.3) is 0 Å². The summed E-state index contributed by atoms with van der Waals surface area (Å²) in [6, 6.07) is 7.23. The molecule has 0 bridgehead atoms. The molecule has 0 saturated carbocycles. The van der Waals surface area contributed by atoms with Crippen LogP contribution in [0.4, 0.5) is 4.79 Å². The van der Waals surface area contributed by atoms with Crippen LogP contribution in [0.2, 0.25) is 0 Å². The third-order valence-corrected chi connectivity index (χ3v) is 4.27. The summed E-state index contributed by atoms with van der Waals surface area (Å²) < 4.78 is 4.90. The van der Waals surface area contributed by atoms with Crippen LogP contribution in [0.5, 0.6) is 0 Å². The maximum Gasteiger partial charge on any atom is 0.337 e. The van der Waals surface area contributed by atoms with E-state index in [0.29, 0.717) is 11.3 Å². The number of rotatable bonds is 2. The van der Waals surface area contributed by atoms with Gasteiger partial charge in [-0.05, 0) is 23.5 Å². The van der Waals surface area contributed by atoms with Gasteiger partial charge in [0.1, 0.15) is 0 Å². The number of hydrogen-bond donors (Lipinski definition) is 1. The van der Waals surface area contributed by atoms with Crippen LogP contribution in [0, 0.1) is 0 Å². The molecule has 1 N–H and O–H groups in total. The maximum atomic E-state index is 12.2. The first-order valence-corrected chi connectivity index (χ1v) is 7.60. The second-order valence-corrected chi connectivity index (χ2v) is 6.80. The van der Waals surface area contributed by atoms with E-state index < -0.39 is 12.0 Å². The van der Waals surface area contributed by atoms with E-state index in [4.69, 9.17) is 4.74 Å². The second-order valence-electron chi connectivity index (χ2n) is 6.80. The number of methoxy groups -OCH3 is 1. The quantitative estimate of drug-likeness (QED) is 0.853. The molecule has 1 heterocycles. The summed E-state index contributed by atoms with van der Waals surface area (Å²) >= 11 is 0. The number of carbonyl (C=O) groups is 2. The average molecular weight is 316 g/mol. The molecule has 1 aromatic carbocycles. The highest BCUT2D eigenvalue weighted by Gasteiger charge is 2.34. The summed E-state index contributed by atoms with van der Waals surface area (Å²) in [5.41, 5.74) is 3.16. The van der Waals surface area contributed by atoms with Gasteiger partial charge in [0.05, 0.1) is 18.7 Å². The molecule has 0 aromatic heterocycles. The van der Waals surface area contributed by atoms with Crippen molar-refractivity contribution in [3.05, 3.63) is 46.7 Å². The van der Waals surface area contributed by atoms with Crippen LogP contribution in [-0.4, -0.2) is 31.1 Å². The van der Waals surface area contributed by atoms with E-state index in [-0.39, 0.29) is 11.4 Å². The summed E-state index contributed by atoms with van der Waals surface area (Å²) in [6.07, 6.45) is 0. The molecular weight excluding hydrogens is 292 g/mol. The molecule has 1 aromatic rings. The van der Waals surface area contributed by atoms with Gasteiger partial charge in [-0.25, -0.2) is 9.59 Å². The van der Waals surface area contributed by atoms with E-state index in [2.05, 4.69) is 26.1 Å². The van der Waals surface area contributed by atoms with Gasteiger partial charge >= 0.3 is 12.0 Å². The lowest BCUT2D eigenvalue weighted by Gasteiger charge is -2.33. The number of hydrogen-bond acceptors (Lipinski definition) is 3. The molecule has 1 atom stereocenters. The summed E-state index contributed by atoms with van der Waals surface area (Å²) in [7, 11) is 2.98. The van der Waals surface area contributed by atoms with Crippen LogP contribution in [0.15, 0.2) is 35.5 Å². The van der Waals surface area contributed by atoms with Gasteiger partial charge in [-0.15, -0.1) is 0 Å². The third-order valence-electron chi connectivity index (χ3n) is 4.27. The minimum atomic E-state index is -0.500. The first kappa shape index (κ1) is 17.1. The van der Waals surface area contributed by atoms with E-state index in [1.54, 1.807) is 14.0 Å². The van der Waals surface area contributed by atoms with E-state index in [1.165, 1.54) is 17.6 Å². The second kappa shape index (κ2) is 6.07. The largest absolute Gasteiger partial charge is 0.466 e. The Morgan fingerprint density at radius 3 is 2.26 bits per heavy atom. The number of carbonyl (C=O) groups excluding carboxylic acids is 2. The molecule has 5 heteroatoms. The fourth-order valence-corrected chi connectivity index (χ4v) is 2.64. The zero-order valence-corrected chi connectivity index (χ0v) is 14.6. The third kappa shape index (κ3) is 3.23. The average Bonchev–Trinajstić information content (AvgIpc) is 2.51. The van der Waals surface area contributed by atoms with Gasteiger partial charge in [-0.3, -0.25) is 0 Å². The highest BCUT2D eigenvalue weighted by molar-refractivity contribution is 5.94. The van der Waals surface area contributed by atoms with E-state index in [0.717, 1.165) is 5.56 Å². The van der Waals surface area contributed by atoms with Gasteiger partial charge < -0.3 is 15.0 Å². The van der Waals surface area contributed by atoms with Crippen molar-refractivity contribution in [3.63, 3.8) is 0 Å². The summed E-state index contributed by atoms with van der Waals surface area (Å²) in [6.45, 7) is 8.18. The Kier molecular flexibility index (Phi) is 4.50. The van der Waals surface area contributed by atoms with Crippen molar-refractivity contribution >= 4 is 12.0 Å². The number of nitrogens with one attached hydrogen (secondary N) is 1. The van der Waals surface area contributed by atoms with Crippen molar-refractivity contribution in [2.24, 2.45) is 0 Å². The molecule has 2 rings (SSSR count). The van der Waals surface area contributed by atoms with Crippen molar-refractivity contribution in [1.82, 2.24) is 10.2 Å². The van der Waals surface area contributed by atoms with Crippen LogP contribution in [-0.2, 0) is 14.9 Å². The smallest absolute Gasteiger partial charge is 0.337 e. The minimum Gasteiger partial charge on any atom is -0.466 e. The van der Waals surface area contributed by atoms with Crippen molar-refractivity contribution in [2.45, 2.75) is 39.2 Å². The number of ether oxygens (including phenoxy) is 1. The molecule has 0 saturated heterocycles. The van der Waals surface area contributed by atoms with Crippen LogP contribution in [0.3, 0.4) is 0 Å². The molecule has 0 unspecified atom stereocenters. The Morgan fingerprint density at radius 1 is 1.22 bits per heavy atom. The van der Waals surface area contributed by atoms with Crippen LogP contribution in [0.1, 0.15) is 44.9 Å². The number of esters is 1. The van der Waals surface area contributed by atoms with E-state index >= 15 is 0 Å². The molecule has 0 spiro atoms. The van der Waals surface area contributed by atoms with Crippen molar-refractivity contribution < 1.29 is 14.3 Å². The zero-order chi connectivity index (χ0) is 17.4. The molecule has 2 amide bonds. The van der Waals surface area contributed by atoms with Gasteiger partial charge in [0, 0.05) is 12.7 Å². The Hall–Kier alpha value is -2.30. The van der Waals surface area contributed by atoms with E-state index in [1.807, 2.05) is 24.3 Å². The Bertz CT molecular complexity index is 654. The molecule has 1 aliphatic rings. The van der Waals surface area contributed by atoms with Crippen molar-refractivity contribution in [1.29, 1.82) is 0 Å². The lowest BCUT2D eigenvalue weighted by molar-refractivity contribution is -0.136. The fourth-order valence-electron chi connectivity index (χ4n) is 2.64. The number of allylic oxidation sites excluding steroid dienone is 1. The predicted molar refractivity (Wildman–Crippen MR) is 88.9 cm³/mol. The molecule has 5 nitrogen and oxygen atoms in total. The molecule has 0 fully saturated rings. The molecular formula is C18H24N2O3. The number of benzene rings is 1. The molecule has 124 valence electrons. The lowest BCUT2D eigenvalue weighted by Crippen LogP contribution is -2.46. The molecule has 0 radical (unpaired) electrons. The standard InChI is InChI=1S/C18H24N2O3/c1-11-14(16(21)23-6)15(19-17(22)20(11)5)12-7-9-13(10-8-12)18(2,3)4/h7-10,15H,1-6H3,(H,19,22)/t15-/m0/s1. The highest BCUT2D eigenvalue weighted by atomic mass is 16.5. The number of nitrogens with zero attached hydrogens (tertiary/aromatic N) is 1. The summed E-state index contributed by atoms with van der Waals surface area (Å²) in [5, 5.41) is 2.86. The van der Waals surface area contributed by atoms with Crippen molar-refractivity contribution in [3.8, 4) is 0 Å². The van der Waals surface area contributed by atoms with Crippen LogP contribution in [0.25, 0.3) is 0 Å². The predicted octanol–water partition coefficient (Wildman–Crippen LogP) is 3.13. The minimum absolute atomic E-state index is 0.0471. The Balaban J connectivity index is 2.47. The van der Waals surface area contributed by atoms with E-state index in [9.17, 15) is 9.59 Å². The topological polar surface area (TPSA) is 58.6 Å². The van der Waals surface area contributed by atoms with Gasteiger partial charge in [0.2, 0.25) is 0 Å². The van der Waals surface area contributed by atoms with Gasteiger partial charge in [-0.2, -0.15) is 0 Å². The summed E-state index contributed by atoms with van der Waals surface area (Å²) in [4.78, 5) is 25.7. The first-order chi connectivity index (χ1) is 10.7. The maximum absolute atomic E-state index is 12.2. The number of urea groups is 1. The first-order valence-electron chi connectivity index (χ1n) is 7.60. The normalized spacial score (nSPS) is 18.8. The fraction of sp³-hybridized carbons (Fsp3) is 0.444. The molecule has 0 aliphatic carbocycles. The highest BCUT2D eigenvalue weighted by Crippen LogP contribution is 2.32. The molecule has 1 aliphatic heterocycles. The lowest BCUT2D eigenvalue weighted by atomic mass is 9.85. The Labute approximate surface area is 137 Å². The Morgan fingerprint density at radius 2 is 1.78 bits per heavy atom. The summed E-state index contributed by atoms with van der Waals surface area (Å²) in [5.74, 6) is -0.431. The van der Waals surface area contributed by atoms with Gasteiger partial charge in [-0.1, -0.05) is 45.0 Å². The van der Waals surface area contributed by atoms with Gasteiger partial charge in [0.15, 0.2) is 0 Å². The SMILES string of the molecule is COC(=O)C1=C(C)N(C)C(=O)N[C@H]1c1ccc(C(C)(C)C)cc1. The van der Waals surface area contributed by atoms with Crippen molar-refractivity contribution in [2.75, 3.05) is 14.2 Å². The molecule has 23 heavy (non-hydrogen) atoms. The van der Waals surface area contributed by atoms with Crippen LogP contribution >= 0.6 is 0 Å². The number of amides is 2. The zero-order valence-electron chi connectivity index (χ0n) is 14.6. The monoisotopic (exact) mass is 316 g/mol. The van der Waals surface area contributed by atoms with Crippen LogP contribution < -0.4 is 5.32 Å².